The Kier molecular flexibility index (Phi) is 2.36. The Morgan fingerprint density at radius 2 is 1.93 bits per heavy atom. The Labute approximate surface area is 89.1 Å². The number of halogens is 1. The molecule has 1 fully saturated rings. The third-order valence-corrected chi connectivity index (χ3v) is 3.32. The van der Waals surface area contributed by atoms with Crippen molar-refractivity contribution in [2.75, 3.05) is 0 Å². The van der Waals surface area contributed by atoms with E-state index in [2.05, 4.69) is 6.92 Å². The van der Waals surface area contributed by atoms with Gasteiger partial charge in [-0.05, 0) is 36.5 Å². The van der Waals surface area contributed by atoms with Gasteiger partial charge in [0.2, 0.25) is 0 Å². The first-order chi connectivity index (χ1) is 6.66. The molecule has 1 nitrogen and oxygen atoms in total. The second kappa shape index (κ2) is 3.39. The van der Waals surface area contributed by atoms with Crippen LogP contribution in [0.15, 0.2) is 24.3 Å². The van der Waals surface area contributed by atoms with E-state index in [4.69, 9.17) is 11.6 Å². The van der Waals surface area contributed by atoms with Crippen LogP contribution in [0.3, 0.4) is 0 Å². The standard InChI is InChI=1S/C12H13ClO/c1-9-6-12(7-9,8-14)10-2-4-11(13)5-3-10/h2-5,8-9H,6-7H2,1H3. The van der Waals surface area contributed by atoms with Gasteiger partial charge in [0.05, 0.1) is 5.41 Å². The summed E-state index contributed by atoms with van der Waals surface area (Å²) >= 11 is 5.81. The van der Waals surface area contributed by atoms with Crippen LogP contribution < -0.4 is 0 Å². The lowest BCUT2D eigenvalue weighted by Crippen LogP contribution is -2.41. The van der Waals surface area contributed by atoms with Crippen LogP contribution in [0.25, 0.3) is 0 Å². The third kappa shape index (κ3) is 1.46. The summed E-state index contributed by atoms with van der Waals surface area (Å²) < 4.78 is 0. The molecule has 1 saturated carbocycles. The lowest BCUT2D eigenvalue weighted by atomic mass is 9.60. The Balaban J connectivity index is 2.29. The number of hydrogen-bond donors (Lipinski definition) is 0. The molecular formula is C12H13ClO. The van der Waals surface area contributed by atoms with Crippen molar-refractivity contribution in [3.05, 3.63) is 34.9 Å². The summed E-state index contributed by atoms with van der Waals surface area (Å²) in [6, 6.07) is 7.63. The highest BCUT2D eigenvalue weighted by molar-refractivity contribution is 6.30. The molecule has 0 aliphatic heterocycles. The van der Waals surface area contributed by atoms with Crippen LogP contribution in [-0.2, 0) is 10.2 Å². The average molecular weight is 209 g/mol. The van der Waals surface area contributed by atoms with Gasteiger partial charge in [0, 0.05) is 5.02 Å². The minimum absolute atomic E-state index is 0.218. The maximum absolute atomic E-state index is 11.1. The molecule has 0 atom stereocenters. The van der Waals surface area contributed by atoms with Gasteiger partial charge in [-0.25, -0.2) is 0 Å². The van der Waals surface area contributed by atoms with E-state index in [1.165, 1.54) is 0 Å². The molecule has 2 rings (SSSR count). The molecule has 1 aliphatic rings. The van der Waals surface area contributed by atoms with E-state index in [1.54, 1.807) is 0 Å². The van der Waals surface area contributed by atoms with Crippen LogP contribution in [0.1, 0.15) is 25.3 Å². The molecule has 1 aromatic carbocycles. The Morgan fingerprint density at radius 1 is 1.36 bits per heavy atom. The first kappa shape index (κ1) is 9.72. The Bertz CT molecular complexity index is 336. The molecule has 74 valence electrons. The molecule has 0 bridgehead atoms. The number of carbonyl (C=O) groups excluding carboxylic acids is 1. The van der Waals surface area contributed by atoms with Gasteiger partial charge in [0.1, 0.15) is 6.29 Å². The molecule has 0 heterocycles. The van der Waals surface area contributed by atoms with Gasteiger partial charge in [-0.1, -0.05) is 30.7 Å². The second-order valence-electron chi connectivity index (χ2n) is 4.29. The smallest absolute Gasteiger partial charge is 0.130 e. The van der Waals surface area contributed by atoms with Crippen molar-refractivity contribution in [2.45, 2.75) is 25.2 Å². The van der Waals surface area contributed by atoms with Crippen LogP contribution in [-0.4, -0.2) is 6.29 Å². The highest BCUT2D eigenvalue weighted by atomic mass is 35.5. The quantitative estimate of drug-likeness (QED) is 0.683. The van der Waals surface area contributed by atoms with Crippen molar-refractivity contribution in [2.24, 2.45) is 5.92 Å². The second-order valence-corrected chi connectivity index (χ2v) is 4.73. The summed E-state index contributed by atoms with van der Waals surface area (Å²) in [5.74, 6) is 0.663. The first-order valence-corrected chi connectivity index (χ1v) is 5.26. The lowest BCUT2D eigenvalue weighted by Gasteiger charge is -2.42. The minimum atomic E-state index is -0.218. The number of carbonyl (C=O) groups is 1. The van der Waals surface area contributed by atoms with Crippen LogP contribution in [0.5, 0.6) is 0 Å². The third-order valence-electron chi connectivity index (χ3n) is 3.07. The Morgan fingerprint density at radius 3 is 2.36 bits per heavy atom. The number of hydrogen-bond acceptors (Lipinski definition) is 1. The van der Waals surface area contributed by atoms with Gasteiger partial charge in [-0.2, -0.15) is 0 Å². The molecule has 0 spiro atoms. The number of benzene rings is 1. The zero-order valence-electron chi connectivity index (χ0n) is 8.16. The fourth-order valence-electron chi connectivity index (χ4n) is 2.37. The molecule has 0 radical (unpaired) electrons. The van der Waals surface area contributed by atoms with E-state index in [0.29, 0.717) is 5.92 Å². The van der Waals surface area contributed by atoms with E-state index in [-0.39, 0.29) is 5.41 Å². The van der Waals surface area contributed by atoms with Crippen LogP contribution in [0.2, 0.25) is 5.02 Å². The summed E-state index contributed by atoms with van der Waals surface area (Å²) in [5.41, 5.74) is 0.888. The fourth-order valence-corrected chi connectivity index (χ4v) is 2.49. The number of rotatable bonds is 2. The van der Waals surface area contributed by atoms with Gasteiger partial charge in [0.25, 0.3) is 0 Å². The van der Waals surface area contributed by atoms with Crippen molar-refractivity contribution in [1.29, 1.82) is 0 Å². The highest BCUT2D eigenvalue weighted by Crippen LogP contribution is 2.46. The summed E-state index contributed by atoms with van der Waals surface area (Å²) in [6.07, 6.45) is 3.03. The maximum Gasteiger partial charge on any atom is 0.130 e. The molecule has 1 aliphatic carbocycles. The summed E-state index contributed by atoms with van der Waals surface area (Å²) in [4.78, 5) is 11.1. The van der Waals surface area contributed by atoms with E-state index >= 15 is 0 Å². The van der Waals surface area contributed by atoms with Crippen molar-refractivity contribution in [3.63, 3.8) is 0 Å². The zero-order valence-corrected chi connectivity index (χ0v) is 8.92. The van der Waals surface area contributed by atoms with Crippen molar-refractivity contribution >= 4 is 17.9 Å². The molecule has 0 aromatic heterocycles. The number of aldehydes is 1. The normalized spacial score (nSPS) is 30.9. The van der Waals surface area contributed by atoms with E-state index in [9.17, 15) is 4.79 Å². The highest BCUT2D eigenvalue weighted by Gasteiger charge is 2.43. The van der Waals surface area contributed by atoms with Crippen LogP contribution in [0, 0.1) is 5.92 Å². The zero-order chi connectivity index (χ0) is 10.2. The molecule has 0 unspecified atom stereocenters. The van der Waals surface area contributed by atoms with Gasteiger partial charge in [-0.3, -0.25) is 0 Å². The molecule has 0 saturated heterocycles. The molecular weight excluding hydrogens is 196 g/mol. The van der Waals surface area contributed by atoms with Crippen molar-refractivity contribution in [1.82, 2.24) is 0 Å². The van der Waals surface area contributed by atoms with E-state index in [1.807, 2.05) is 24.3 Å². The maximum atomic E-state index is 11.1. The topological polar surface area (TPSA) is 17.1 Å². The minimum Gasteiger partial charge on any atom is -0.302 e. The van der Waals surface area contributed by atoms with E-state index in [0.717, 1.165) is 29.7 Å². The van der Waals surface area contributed by atoms with Crippen molar-refractivity contribution in [3.8, 4) is 0 Å². The summed E-state index contributed by atoms with van der Waals surface area (Å²) in [6.45, 7) is 2.18. The predicted molar refractivity (Wildman–Crippen MR) is 57.6 cm³/mol. The fraction of sp³-hybridized carbons (Fsp3) is 0.417. The summed E-state index contributed by atoms with van der Waals surface area (Å²) in [5, 5.41) is 0.724. The molecule has 1 aromatic rings. The van der Waals surface area contributed by atoms with Gasteiger partial charge in [-0.15, -0.1) is 0 Å². The first-order valence-electron chi connectivity index (χ1n) is 4.89. The van der Waals surface area contributed by atoms with Crippen molar-refractivity contribution < 1.29 is 4.79 Å². The monoisotopic (exact) mass is 208 g/mol. The van der Waals surface area contributed by atoms with Crippen LogP contribution in [0.4, 0.5) is 0 Å². The molecule has 0 N–H and O–H groups in total. The largest absolute Gasteiger partial charge is 0.302 e. The lowest BCUT2D eigenvalue weighted by molar-refractivity contribution is -0.116. The van der Waals surface area contributed by atoms with Gasteiger partial charge >= 0.3 is 0 Å². The Hall–Kier alpha value is -0.820. The van der Waals surface area contributed by atoms with Gasteiger partial charge in [0.15, 0.2) is 0 Å². The predicted octanol–water partition coefficient (Wildman–Crippen LogP) is 3.21. The molecule has 14 heavy (non-hydrogen) atoms. The molecule has 2 heteroatoms. The SMILES string of the molecule is CC1CC(C=O)(c2ccc(Cl)cc2)C1. The van der Waals surface area contributed by atoms with E-state index < -0.39 is 0 Å². The molecule has 0 amide bonds. The van der Waals surface area contributed by atoms with Crippen LogP contribution >= 0.6 is 11.6 Å². The average Bonchev–Trinajstić information content (AvgIpc) is 2.14. The van der Waals surface area contributed by atoms with Gasteiger partial charge < -0.3 is 4.79 Å². The summed E-state index contributed by atoms with van der Waals surface area (Å²) in [7, 11) is 0.